The third kappa shape index (κ3) is 3.85. The predicted octanol–water partition coefficient (Wildman–Crippen LogP) is 3.32. The van der Waals surface area contributed by atoms with Crippen LogP contribution in [0, 0.1) is 13.8 Å². The highest BCUT2D eigenvalue weighted by Crippen LogP contribution is 2.35. The fraction of sp³-hybridized carbons (Fsp3) is 0.417. The first-order valence-corrected chi connectivity index (χ1v) is 11.6. The van der Waals surface area contributed by atoms with E-state index in [1.807, 2.05) is 32.8 Å². The highest BCUT2D eigenvalue weighted by molar-refractivity contribution is 7.18. The number of hydrogen-bond donors (Lipinski definition) is 0. The van der Waals surface area contributed by atoms with E-state index in [1.54, 1.807) is 39.1 Å². The van der Waals surface area contributed by atoms with E-state index in [-0.39, 0.29) is 17.2 Å². The van der Waals surface area contributed by atoms with Crippen LogP contribution in [0.1, 0.15) is 46.5 Å². The van der Waals surface area contributed by atoms with Crippen molar-refractivity contribution >= 4 is 38.9 Å². The van der Waals surface area contributed by atoms with Crippen LogP contribution in [0.15, 0.2) is 23.0 Å². The maximum absolute atomic E-state index is 13.6. The molecule has 0 radical (unpaired) electrons. The summed E-state index contributed by atoms with van der Waals surface area (Å²) in [6.45, 7) is 7.72. The molecule has 2 aromatic heterocycles. The molecule has 2 unspecified atom stereocenters. The average molecular weight is 469 g/mol. The maximum Gasteiger partial charge on any atom is 0.267 e. The number of aromatic nitrogens is 2. The molecule has 0 saturated carbocycles. The van der Waals surface area contributed by atoms with E-state index in [1.165, 1.54) is 20.8 Å². The van der Waals surface area contributed by atoms with Crippen LogP contribution in [0.4, 0.5) is 5.69 Å². The molecule has 3 heterocycles. The van der Waals surface area contributed by atoms with Gasteiger partial charge in [0.2, 0.25) is 0 Å². The molecule has 9 heteroatoms. The van der Waals surface area contributed by atoms with Gasteiger partial charge in [0, 0.05) is 17.5 Å². The van der Waals surface area contributed by atoms with Gasteiger partial charge >= 0.3 is 0 Å². The monoisotopic (exact) mass is 468 g/mol. The molecule has 4 rings (SSSR count). The highest BCUT2D eigenvalue weighted by Gasteiger charge is 2.31. The van der Waals surface area contributed by atoms with E-state index in [2.05, 4.69) is 0 Å². The second-order valence-electron chi connectivity index (χ2n) is 8.78. The number of carbonyl (C=O) groups excluding carboxylic acids is 2. The van der Waals surface area contributed by atoms with Gasteiger partial charge in [-0.25, -0.2) is 4.98 Å². The molecule has 8 nitrogen and oxygen atoms in total. The van der Waals surface area contributed by atoms with Crippen molar-refractivity contribution in [2.75, 3.05) is 26.0 Å². The minimum Gasteiger partial charge on any atom is -0.479 e. The molecule has 0 N–H and O–H groups in total. The van der Waals surface area contributed by atoms with E-state index in [0.29, 0.717) is 39.6 Å². The number of likely N-dealkylation sites (N-methyl/N-ethyl adjacent to an activating group) is 1. The number of ether oxygens (including phenoxy) is 1. The number of aryl methyl sites for hydroxylation is 2. The number of Topliss-reactive ketones (excluding diaryl/α,β-unsaturated/α-hetero) is 1. The SMILES string of the molecule is Cc1sc2nc(CN(C)C)n(C(C)C(=O)c3ccc4c(c3)N(C)C(=O)C(C)O4)c(=O)c2c1C. The van der Waals surface area contributed by atoms with Crippen molar-refractivity contribution < 1.29 is 14.3 Å². The van der Waals surface area contributed by atoms with Crippen molar-refractivity contribution in [2.45, 2.75) is 46.4 Å². The number of benzene rings is 1. The fourth-order valence-corrected chi connectivity index (χ4v) is 5.20. The van der Waals surface area contributed by atoms with Crippen molar-refractivity contribution in [2.24, 2.45) is 0 Å². The third-order valence-corrected chi connectivity index (χ3v) is 7.22. The molecule has 0 spiro atoms. The first-order chi connectivity index (χ1) is 15.5. The predicted molar refractivity (Wildman–Crippen MR) is 130 cm³/mol. The summed E-state index contributed by atoms with van der Waals surface area (Å²) >= 11 is 1.50. The number of amides is 1. The zero-order valence-electron chi connectivity index (χ0n) is 19.9. The number of rotatable bonds is 5. The van der Waals surface area contributed by atoms with Crippen molar-refractivity contribution in [1.82, 2.24) is 14.5 Å². The van der Waals surface area contributed by atoms with Crippen molar-refractivity contribution in [3.8, 4) is 5.75 Å². The Hall–Kier alpha value is -3.04. The molecule has 1 aliphatic heterocycles. The van der Waals surface area contributed by atoms with Crippen molar-refractivity contribution in [3.63, 3.8) is 0 Å². The number of nitrogens with zero attached hydrogens (tertiary/aromatic N) is 4. The summed E-state index contributed by atoms with van der Waals surface area (Å²) in [5.74, 6) is 0.682. The first-order valence-electron chi connectivity index (χ1n) is 10.8. The lowest BCUT2D eigenvalue weighted by Gasteiger charge is -2.30. The maximum atomic E-state index is 13.6. The molecule has 1 aromatic carbocycles. The Bertz CT molecular complexity index is 1340. The van der Waals surface area contributed by atoms with Crippen LogP contribution in [0.3, 0.4) is 0 Å². The molecule has 0 saturated heterocycles. The molecular formula is C24H28N4O4S. The summed E-state index contributed by atoms with van der Waals surface area (Å²) in [7, 11) is 5.46. The first kappa shape index (κ1) is 23.1. The minimum atomic E-state index is -0.772. The average Bonchev–Trinajstić information content (AvgIpc) is 3.04. The Morgan fingerprint density at radius 1 is 1.27 bits per heavy atom. The van der Waals surface area contributed by atoms with Crippen LogP contribution in [0.2, 0.25) is 0 Å². The second-order valence-corrected chi connectivity index (χ2v) is 9.99. The van der Waals surface area contributed by atoms with Crippen LogP contribution < -0.4 is 15.2 Å². The van der Waals surface area contributed by atoms with Crippen LogP contribution >= 0.6 is 11.3 Å². The van der Waals surface area contributed by atoms with Crippen molar-refractivity contribution in [1.29, 1.82) is 0 Å². The molecule has 1 amide bonds. The number of fused-ring (bicyclic) bond motifs is 2. The largest absolute Gasteiger partial charge is 0.479 e. The van der Waals surface area contributed by atoms with E-state index in [0.717, 1.165) is 10.4 Å². The molecule has 174 valence electrons. The summed E-state index contributed by atoms with van der Waals surface area (Å²) in [5.41, 5.74) is 1.63. The van der Waals surface area contributed by atoms with Gasteiger partial charge < -0.3 is 14.5 Å². The Morgan fingerprint density at radius 3 is 2.64 bits per heavy atom. The number of thiophene rings is 1. The molecular weight excluding hydrogens is 440 g/mol. The molecule has 2 atom stereocenters. The van der Waals surface area contributed by atoms with Crippen molar-refractivity contribution in [3.05, 3.63) is 50.4 Å². The van der Waals surface area contributed by atoms with E-state index in [9.17, 15) is 14.4 Å². The second kappa shape index (κ2) is 8.39. The van der Waals surface area contributed by atoms with E-state index >= 15 is 0 Å². The molecule has 33 heavy (non-hydrogen) atoms. The number of hydrogen-bond acceptors (Lipinski definition) is 7. The zero-order chi connectivity index (χ0) is 24.2. The van der Waals surface area contributed by atoms with Crippen LogP contribution in [-0.2, 0) is 11.3 Å². The lowest BCUT2D eigenvalue weighted by atomic mass is 10.0. The molecule has 1 aliphatic rings. The fourth-order valence-electron chi connectivity index (χ4n) is 4.17. The van der Waals surface area contributed by atoms with Gasteiger partial charge in [-0.15, -0.1) is 11.3 Å². The standard InChI is InChI=1S/C24H28N4O4S/c1-12-15(4)33-22-20(12)24(31)28(19(25-22)11-26(5)6)13(2)21(29)16-8-9-18-17(10-16)27(7)23(30)14(3)32-18/h8-10,13-14H,11H2,1-7H3. The van der Waals surface area contributed by atoms with Gasteiger partial charge in [0.05, 0.1) is 23.7 Å². The quantitative estimate of drug-likeness (QED) is 0.534. The van der Waals surface area contributed by atoms with Gasteiger partial charge in [0.15, 0.2) is 11.9 Å². The van der Waals surface area contributed by atoms with Gasteiger partial charge in [0.25, 0.3) is 11.5 Å². The Morgan fingerprint density at radius 2 is 1.97 bits per heavy atom. The van der Waals surface area contributed by atoms with E-state index in [4.69, 9.17) is 9.72 Å². The van der Waals surface area contributed by atoms with Crippen LogP contribution in [0.25, 0.3) is 10.2 Å². The Balaban J connectivity index is 1.82. The van der Waals surface area contributed by atoms with Gasteiger partial charge in [-0.2, -0.15) is 0 Å². The zero-order valence-corrected chi connectivity index (χ0v) is 20.7. The summed E-state index contributed by atoms with van der Waals surface area (Å²) in [4.78, 5) is 49.4. The molecule has 0 bridgehead atoms. The number of ketones is 1. The normalized spacial score (nSPS) is 16.8. The smallest absolute Gasteiger partial charge is 0.267 e. The van der Waals surface area contributed by atoms with Gasteiger partial charge in [-0.05, 0) is 65.6 Å². The Kier molecular flexibility index (Phi) is 5.88. The Labute approximate surface area is 196 Å². The minimum absolute atomic E-state index is 0.178. The summed E-state index contributed by atoms with van der Waals surface area (Å²) in [6, 6.07) is 4.26. The van der Waals surface area contributed by atoms with Gasteiger partial charge in [0.1, 0.15) is 16.4 Å². The van der Waals surface area contributed by atoms with Gasteiger partial charge in [-0.3, -0.25) is 19.0 Å². The van der Waals surface area contributed by atoms with Crippen LogP contribution in [0.5, 0.6) is 5.75 Å². The van der Waals surface area contributed by atoms with Crippen LogP contribution in [-0.4, -0.2) is 53.4 Å². The highest BCUT2D eigenvalue weighted by atomic mass is 32.1. The molecule has 0 fully saturated rings. The lowest BCUT2D eigenvalue weighted by Crippen LogP contribution is -2.42. The van der Waals surface area contributed by atoms with E-state index < -0.39 is 12.1 Å². The van der Waals surface area contributed by atoms with Gasteiger partial charge in [-0.1, -0.05) is 0 Å². The lowest BCUT2D eigenvalue weighted by molar-refractivity contribution is -0.125. The number of carbonyl (C=O) groups is 2. The summed E-state index contributed by atoms with van der Waals surface area (Å²) in [6.07, 6.45) is -0.578. The topological polar surface area (TPSA) is 84.7 Å². The third-order valence-electron chi connectivity index (χ3n) is 6.12. The molecule has 0 aliphatic carbocycles. The molecule has 3 aromatic rings. The number of anilines is 1. The summed E-state index contributed by atoms with van der Waals surface area (Å²) < 4.78 is 7.18. The summed E-state index contributed by atoms with van der Waals surface area (Å²) in [5, 5.41) is 0.567.